The summed E-state index contributed by atoms with van der Waals surface area (Å²) in [5.74, 6) is -0.645. The van der Waals surface area contributed by atoms with Gasteiger partial charge in [-0.25, -0.2) is 8.78 Å². The molecule has 0 radical (unpaired) electrons. The monoisotopic (exact) mass is 404 g/mol. The highest BCUT2D eigenvalue weighted by Crippen LogP contribution is 2.22. The second kappa shape index (κ2) is 7.19. The zero-order valence-corrected chi connectivity index (χ0v) is 15.0. The van der Waals surface area contributed by atoms with Gasteiger partial charge < -0.3 is 5.32 Å². The number of benzene rings is 2. The van der Waals surface area contributed by atoms with Crippen LogP contribution in [0.2, 0.25) is 0 Å². The van der Waals surface area contributed by atoms with Gasteiger partial charge in [-0.3, -0.25) is 9.36 Å². The number of hydrogen-bond acceptors (Lipinski definition) is 2. The summed E-state index contributed by atoms with van der Waals surface area (Å²) >= 11 is 3.33. The van der Waals surface area contributed by atoms with Gasteiger partial charge in [-0.15, -0.1) is 0 Å². The van der Waals surface area contributed by atoms with Crippen LogP contribution < -0.4 is 10.9 Å². The van der Waals surface area contributed by atoms with Gasteiger partial charge >= 0.3 is 0 Å². The van der Waals surface area contributed by atoms with E-state index < -0.39 is 0 Å². The van der Waals surface area contributed by atoms with E-state index in [1.807, 2.05) is 6.07 Å². The Hall–Kier alpha value is -2.47. The first-order valence-electron chi connectivity index (χ1n) is 7.62. The van der Waals surface area contributed by atoms with Gasteiger partial charge in [-0.1, -0.05) is 12.1 Å². The summed E-state index contributed by atoms with van der Waals surface area (Å²) < 4.78 is 27.9. The Morgan fingerprint density at radius 2 is 1.56 bits per heavy atom. The summed E-state index contributed by atoms with van der Waals surface area (Å²) in [4.78, 5) is 12.7. The first kappa shape index (κ1) is 17.4. The van der Waals surface area contributed by atoms with E-state index >= 15 is 0 Å². The molecular weight excluding hydrogens is 390 g/mol. The van der Waals surface area contributed by atoms with Crippen LogP contribution >= 0.6 is 15.9 Å². The third-order valence-electron chi connectivity index (χ3n) is 3.81. The van der Waals surface area contributed by atoms with Crippen molar-refractivity contribution in [3.63, 3.8) is 0 Å². The van der Waals surface area contributed by atoms with Gasteiger partial charge in [0.25, 0.3) is 5.56 Å². The average Bonchev–Trinajstić information content (AvgIpc) is 2.60. The summed E-state index contributed by atoms with van der Waals surface area (Å²) in [5, 5.41) is 3.18. The molecule has 0 aliphatic rings. The lowest BCUT2D eigenvalue weighted by Gasteiger charge is -2.15. The van der Waals surface area contributed by atoms with E-state index in [1.165, 1.54) is 28.8 Å². The van der Waals surface area contributed by atoms with E-state index in [4.69, 9.17) is 0 Å². The highest BCUT2D eigenvalue weighted by atomic mass is 79.9. The third-order valence-corrected chi connectivity index (χ3v) is 4.58. The maximum absolute atomic E-state index is 13.1. The molecule has 0 spiro atoms. The van der Waals surface area contributed by atoms with E-state index in [1.54, 1.807) is 31.2 Å². The van der Waals surface area contributed by atoms with Crippen LogP contribution in [-0.4, -0.2) is 4.57 Å². The maximum atomic E-state index is 13.1. The van der Waals surface area contributed by atoms with Gasteiger partial charge in [0, 0.05) is 17.9 Å². The van der Waals surface area contributed by atoms with Crippen molar-refractivity contribution in [1.29, 1.82) is 0 Å². The molecule has 1 aromatic heterocycles. The molecule has 128 valence electrons. The summed E-state index contributed by atoms with van der Waals surface area (Å²) in [6.07, 6.45) is 0. The minimum absolute atomic E-state index is 0.242. The van der Waals surface area contributed by atoms with E-state index in [9.17, 15) is 13.6 Å². The molecule has 3 aromatic rings. The Kier molecular flexibility index (Phi) is 4.99. The fourth-order valence-electron chi connectivity index (χ4n) is 2.55. The van der Waals surface area contributed by atoms with Gasteiger partial charge in [-0.2, -0.15) is 0 Å². The minimum atomic E-state index is -0.355. The van der Waals surface area contributed by atoms with Gasteiger partial charge in [0.2, 0.25) is 0 Å². The molecule has 0 aliphatic carbocycles. The van der Waals surface area contributed by atoms with Crippen LogP contribution in [0, 0.1) is 18.6 Å². The summed E-state index contributed by atoms with van der Waals surface area (Å²) in [7, 11) is 0. The fourth-order valence-corrected chi connectivity index (χ4v) is 2.98. The van der Waals surface area contributed by atoms with Crippen molar-refractivity contribution < 1.29 is 8.78 Å². The molecular formula is C19H15BrF2N2O. The van der Waals surface area contributed by atoms with Crippen molar-refractivity contribution in [2.24, 2.45) is 0 Å². The molecule has 0 saturated carbocycles. The fraction of sp³-hybridized carbons (Fsp3) is 0.105. The Balaban J connectivity index is 1.91. The van der Waals surface area contributed by atoms with E-state index in [0.29, 0.717) is 28.1 Å². The Morgan fingerprint density at radius 3 is 2.16 bits per heavy atom. The molecule has 0 fully saturated rings. The molecule has 0 unspecified atom stereocenters. The smallest absolute Gasteiger partial charge is 0.271 e. The van der Waals surface area contributed by atoms with Crippen LogP contribution in [0.5, 0.6) is 0 Å². The lowest BCUT2D eigenvalue weighted by Crippen LogP contribution is -2.22. The highest BCUT2D eigenvalue weighted by Gasteiger charge is 2.12. The van der Waals surface area contributed by atoms with Crippen LogP contribution in [0.1, 0.15) is 11.3 Å². The van der Waals surface area contributed by atoms with Crippen LogP contribution in [-0.2, 0) is 6.54 Å². The molecule has 0 saturated heterocycles. The van der Waals surface area contributed by atoms with Gasteiger partial charge in [0.05, 0.1) is 5.69 Å². The minimum Gasteiger partial charge on any atom is -0.380 e. The number of anilines is 1. The summed E-state index contributed by atoms with van der Waals surface area (Å²) in [5.41, 5.74) is 2.60. The largest absolute Gasteiger partial charge is 0.380 e. The molecule has 25 heavy (non-hydrogen) atoms. The summed E-state index contributed by atoms with van der Waals surface area (Å²) in [6.45, 7) is 2.26. The van der Waals surface area contributed by atoms with Crippen molar-refractivity contribution in [2.45, 2.75) is 13.5 Å². The first-order valence-corrected chi connectivity index (χ1v) is 8.41. The Morgan fingerprint density at radius 1 is 1.00 bits per heavy atom. The molecule has 0 atom stereocenters. The molecule has 1 N–H and O–H groups in total. The van der Waals surface area contributed by atoms with Crippen molar-refractivity contribution >= 4 is 21.6 Å². The molecule has 0 amide bonds. The normalized spacial score (nSPS) is 10.7. The van der Waals surface area contributed by atoms with Crippen molar-refractivity contribution in [1.82, 2.24) is 4.57 Å². The van der Waals surface area contributed by atoms with Gasteiger partial charge in [0.15, 0.2) is 0 Å². The topological polar surface area (TPSA) is 34.0 Å². The third kappa shape index (κ3) is 3.79. The number of aryl methyl sites for hydroxylation is 1. The number of aromatic nitrogens is 1. The summed E-state index contributed by atoms with van der Waals surface area (Å²) in [6, 6.07) is 13.7. The number of pyridine rings is 1. The van der Waals surface area contributed by atoms with Crippen LogP contribution in [0.15, 0.2) is 63.9 Å². The Bertz CT molecular complexity index is 951. The predicted octanol–water partition coefficient (Wildman–Crippen LogP) is 4.80. The standard InChI is InChI=1S/C19H15BrF2N2O/c1-12-10-17(23-11-13-2-4-14(21)5-3-13)18(20)19(25)24(12)16-8-6-15(22)7-9-16/h2-10,23H,11H2,1H3. The van der Waals surface area contributed by atoms with Crippen LogP contribution in [0.3, 0.4) is 0 Å². The zero-order valence-electron chi connectivity index (χ0n) is 13.4. The zero-order chi connectivity index (χ0) is 18.0. The highest BCUT2D eigenvalue weighted by molar-refractivity contribution is 9.10. The predicted molar refractivity (Wildman–Crippen MR) is 98.2 cm³/mol. The van der Waals surface area contributed by atoms with Crippen molar-refractivity contribution in [3.8, 4) is 5.69 Å². The van der Waals surface area contributed by atoms with Crippen LogP contribution in [0.4, 0.5) is 14.5 Å². The van der Waals surface area contributed by atoms with E-state index in [-0.39, 0.29) is 17.2 Å². The lowest BCUT2D eigenvalue weighted by molar-refractivity contribution is 0.626. The molecule has 6 heteroatoms. The molecule has 0 bridgehead atoms. The first-order chi connectivity index (χ1) is 12.0. The number of halogens is 3. The SMILES string of the molecule is Cc1cc(NCc2ccc(F)cc2)c(Br)c(=O)n1-c1ccc(F)cc1. The van der Waals surface area contributed by atoms with Gasteiger partial charge in [-0.05, 0) is 70.9 Å². The van der Waals surface area contributed by atoms with Crippen molar-refractivity contribution in [2.75, 3.05) is 5.32 Å². The second-order valence-corrected chi connectivity index (χ2v) is 6.40. The van der Waals surface area contributed by atoms with E-state index in [0.717, 1.165) is 5.56 Å². The van der Waals surface area contributed by atoms with Gasteiger partial charge in [0.1, 0.15) is 16.1 Å². The molecule has 3 nitrogen and oxygen atoms in total. The quantitative estimate of drug-likeness (QED) is 0.677. The molecule has 2 aromatic carbocycles. The second-order valence-electron chi connectivity index (χ2n) is 5.61. The molecule has 3 rings (SSSR count). The lowest BCUT2D eigenvalue weighted by atomic mass is 10.2. The molecule has 0 aliphatic heterocycles. The number of hydrogen-bond donors (Lipinski definition) is 1. The molecule has 1 heterocycles. The number of rotatable bonds is 4. The average molecular weight is 405 g/mol. The maximum Gasteiger partial charge on any atom is 0.271 e. The number of nitrogens with one attached hydrogen (secondary N) is 1. The number of nitrogens with zero attached hydrogens (tertiary/aromatic N) is 1. The van der Waals surface area contributed by atoms with E-state index in [2.05, 4.69) is 21.2 Å². The van der Waals surface area contributed by atoms with Crippen LogP contribution in [0.25, 0.3) is 5.69 Å². The Labute approximate surface area is 152 Å². The van der Waals surface area contributed by atoms with Crippen molar-refractivity contribution in [3.05, 3.63) is 92.3 Å².